The topological polar surface area (TPSA) is 93.4 Å². The predicted molar refractivity (Wildman–Crippen MR) is 93.0 cm³/mol. The molecular weight excluding hydrogens is 306 g/mol. The smallest absolute Gasteiger partial charge is 0.404 e. The first-order chi connectivity index (χ1) is 11.6. The lowest BCUT2D eigenvalue weighted by Crippen LogP contribution is -2.47. The minimum atomic E-state index is -0.678. The Hall–Kier alpha value is -2.05. The third kappa shape index (κ3) is 4.27. The van der Waals surface area contributed by atoms with E-state index in [1.807, 2.05) is 12.4 Å². The maximum Gasteiger partial charge on any atom is 0.404 e. The number of hydrogen-bond donors (Lipinski definition) is 2. The molecule has 1 aliphatic heterocycles. The van der Waals surface area contributed by atoms with Crippen molar-refractivity contribution >= 4 is 17.7 Å². The number of ether oxygens (including phenoxy) is 1. The first-order valence-electron chi connectivity index (χ1n) is 8.93. The Kier molecular flexibility index (Phi) is 5.37. The molecule has 2 fully saturated rings. The highest BCUT2D eigenvalue weighted by atomic mass is 16.6. The minimum Gasteiger partial charge on any atom is -0.446 e. The third-order valence-corrected chi connectivity index (χ3v) is 4.90. The normalized spacial score (nSPS) is 24.3. The molecule has 3 N–H and O–H groups in total. The Morgan fingerprint density at radius 3 is 2.54 bits per heavy atom. The van der Waals surface area contributed by atoms with Gasteiger partial charge in [0.05, 0.1) is 18.1 Å². The highest BCUT2D eigenvalue weighted by Gasteiger charge is 2.28. The van der Waals surface area contributed by atoms with Crippen molar-refractivity contribution < 1.29 is 9.53 Å². The Morgan fingerprint density at radius 1 is 1.29 bits per heavy atom. The summed E-state index contributed by atoms with van der Waals surface area (Å²) in [6.45, 7) is 4.38. The molecule has 0 bridgehead atoms. The molecule has 2 heterocycles. The number of aromatic nitrogens is 2. The van der Waals surface area contributed by atoms with Gasteiger partial charge in [0.15, 0.2) is 0 Å². The summed E-state index contributed by atoms with van der Waals surface area (Å²) in [6.07, 6.45) is 9.12. The molecular formula is C17H27N5O2. The first-order valence-corrected chi connectivity index (χ1v) is 8.93. The van der Waals surface area contributed by atoms with Crippen LogP contribution in [0.4, 0.5) is 16.4 Å². The average molecular weight is 333 g/mol. The van der Waals surface area contributed by atoms with Crippen LogP contribution in [0.3, 0.4) is 0 Å². The quantitative estimate of drug-likeness (QED) is 0.831. The fourth-order valence-corrected chi connectivity index (χ4v) is 3.61. The van der Waals surface area contributed by atoms with E-state index in [2.05, 4.69) is 27.1 Å². The van der Waals surface area contributed by atoms with Crippen molar-refractivity contribution in [2.24, 2.45) is 11.7 Å². The van der Waals surface area contributed by atoms with Crippen LogP contribution in [-0.2, 0) is 4.74 Å². The molecule has 0 atom stereocenters. The van der Waals surface area contributed by atoms with Crippen molar-refractivity contribution in [3.05, 3.63) is 12.4 Å². The molecule has 3 rings (SSSR count). The van der Waals surface area contributed by atoms with Crippen molar-refractivity contribution in [2.45, 2.75) is 57.6 Å². The van der Waals surface area contributed by atoms with Crippen LogP contribution >= 0.6 is 0 Å². The van der Waals surface area contributed by atoms with Gasteiger partial charge in [0.25, 0.3) is 0 Å². The predicted octanol–water partition coefficient (Wildman–Crippen LogP) is 2.53. The standard InChI is InChI=1S/C17H27N5O2/c1-2-3-12-10-22(11-12)17-19-8-14(9-20-17)21-13-4-6-15(7-5-13)24-16(18)23/h8-9,12-13,15,21H,2-7,10-11H2,1H3,(H2,18,23). The summed E-state index contributed by atoms with van der Waals surface area (Å²) in [4.78, 5) is 22.0. The third-order valence-electron chi connectivity index (χ3n) is 4.90. The summed E-state index contributed by atoms with van der Waals surface area (Å²) in [7, 11) is 0. The molecule has 0 radical (unpaired) electrons. The second kappa shape index (κ2) is 7.68. The van der Waals surface area contributed by atoms with Gasteiger partial charge in [-0.1, -0.05) is 13.3 Å². The van der Waals surface area contributed by atoms with Crippen LogP contribution in [0.25, 0.3) is 0 Å². The summed E-state index contributed by atoms with van der Waals surface area (Å²) in [5.74, 6) is 1.63. The fraction of sp³-hybridized carbons (Fsp3) is 0.706. The SMILES string of the molecule is CCCC1CN(c2ncc(NC3CCC(OC(N)=O)CC3)cn2)C1. The van der Waals surface area contributed by atoms with Crippen LogP contribution in [-0.4, -0.2) is 41.3 Å². The molecule has 24 heavy (non-hydrogen) atoms. The highest BCUT2D eigenvalue weighted by molar-refractivity contribution is 5.64. The van der Waals surface area contributed by atoms with E-state index in [1.165, 1.54) is 12.8 Å². The number of carbonyl (C=O) groups is 1. The van der Waals surface area contributed by atoms with E-state index in [9.17, 15) is 4.79 Å². The molecule has 0 unspecified atom stereocenters. The van der Waals surface area contributed by atoms with Crippen molar-refractivity contribution in [1.29, 1.82) is 0 Å². The number of nitrogens with one attached hydrogen (secondary N) is 1. The van der Waals surface area contributed by atoms with E-state index in [4.69, 9.17) is 10.5 Å². The maximum atomic E-state index is 10.8. The van der Waals surface area contributed by atoms with Crippen LogP contribution in [0.15, 0.2) is 12.4 Å². The van der Waals surface area contributed by atoms with Crippen LogP contribution in [0.5, 0.6) is 0 Å². The number of carbonyl (C=O) groups excluding carboxylic acids is 1. The zero-order valence-corrected chi connectivity index (χ0v) is 14.3. The fourth-order valence-electron chi connectivity index (χ4n) is 3.61. The molecule has 1 saturated heterocycles. The van der Waals surface area contributed by atoms with E-state index in [0.717, 1.165) is 56.3 Å². The van der Waals surface area contributed by atoms with Crippen molar-refractivity contribution in [3.63, 3.8) is 0 Å². The largest absolute Gasteiger partial charge is 0.446 e. The number of anilines is 2. The van der Waals surface area contributed by atoms with E-state index in [1.54, 1.807) is 0 Å². The Balaban J connectivity index is 1.43. The van der Waals surface area contributed by atoms with Crippen LogP contribution in [0, 0.1) is 5.92 Å². The Labute approximate surface area is 143 Å². The van der Waals surface area contributed by atoms with Crippen molar-refractivity contribution in [1.82, 2.24) is 9.97 Å². The van der Waals surface area contributed by atoms with Gasteiger partial charge in [-0.2, -0.15) is 0 Å². The van der Waals surface area contributed by atoms with E-state index < -0.39 is 6.09 Å². The number of rotatable bonds is 6. The van der Waals surface area contributed by atoms with Gasteiger partial charge in [0.2, 0.25) is 5.95 Å². The van der Waals surface area contributed by atoms with Gasteiger partial charge in [0, 0.05) is 19.1 Å². The lowest BCUT2D eigenvalue weighted by atomic mass is 9.93. The second-order valence-corrected chi connectivity index (χ2v) is 6.89. The van der Waals surface area contributed by atoms with Gasteiger partial charge in [-0.25, -0.2) is 14.8 Å². The van der Waals surface area contributed by atoms with Crippen molar-refractivity contribution in [2.75, 3.05) is 23.3 Å². The summed E-state index contributed by atoms with van der Waals surface area (Å²) in [6, 6.07) is 0.366. The molecule has 1 aromatic heterocycles. The summed E-state index contributed by atoms with van der Waals surface area (Å²) in [5, 5.41) is 3.47. The van der Waals surface area contributed by atoms with Crippen LogP contribution < -0.4 is 16.0 Å². The molecule has 1 amide bonds. The van der Waals surface area contributed by atoms with Crippen LogP contribution in [0.2, 0.25) is 0 Å². The zero-order valence-electron chi connectivity index (χ0n) is 14.3. The first kappa shape index (κ1) is 16.8. The molecule has 132 valence electrons. The van der Waals surface area contributed by atoms with E-state index in [0.29, 0.717) is 6.04 Å². The van der Waals surface area contributed by atoms with E-state index in [-0.39, 0.29) is 6.10 Å². The lowest BCUT2D eigenvalue weighted by molar-refractivity contribution is 0.0806. The number of hydrogen-bond acceptors (Lipinski definition) is 6. The van der Waals surface area contributed by atoms with Gasteiger partial charge >= 0.3 is 6.09 Å². The van der Waals surface area contributed by atoms with Gasteiger partial charge < -0.3 is 20.7 Å². The molecule has 1 saturated carbocycles. The number of primary amides is 1. The van der Waals surface area contributed by atoms with Crippen molar-refractivity contribution in [3.8, 4) is 0 Å². The Bertz CT molecular complexity index is 536. The Morgan fingerprint density at radius 2 is 1.96 bits per heavy atom. The molecule has 0 aromatic carbocycles. The van der Waals surface area contributed by atoms with Crippen LogP contribution in [0.1, 0.15) is 45.4 Å². The summed E-state index contributed by atoms with van der Waals surface area (Å²) < 4.78 is 5.06. The maximum absolute atomic E-state index is 10.8. The molecule has 2 aliphatic rings. The minimum absolute atomic E-state index is 0.0401. The monoisotopic (exact) mass is 333 g/mol. The lowest BCUT2D eigenvalue weighted by Gasteiger charge is -2.39. The molecule has 7 nitrogen and oxygen atoms in total. The summed E-state index contributed by atoms with van der Waals surface area (Å²) >= 11 is 0. The molecule has 0 spiro atoms. The average Bonchev–Trinajstić information content (AvgIpc) is 2.53. The van der Waals surface area contributed by atoms with Gasteiger partial charge in [-0.15, -0.1) is 0 Å². The highest BCUT2D eigenvalue weighted by Crippen LogP contribution is 2.26. The molecule has 1 aromatic rings. The number of amides is 1. The number of nitrogens with zero attached hydrogens (tertiary/aromatic N) is 3. The second-order valence-electron chi connectivity index (χ2n) is 6.89. The van der Waals surface area contributed by atoms with Gasteiger partial charge in [-0.05, 0) is 38.0 Å². The number of nitrogens with two attached hydrogens (primary N) is 1. The van der Waals surface area contributed by atoms with E-state index >= 15 is 0 Å². The van der Waals surface area contributed by atoms with Gasteiger partial charge in [0.1, 0.15) is 6.10 Å². The molecule has 1 aliphatic carbocycles. The molecule has 7 heteroatoms. The van der Waals surface area contributed by atoms with Gasteiger partial charge in [-0.3, -0.25) is 0 Å². The summed E-state index contributed by atoms with van der Waals surface area (Å²) in [5.41, 5.74) is 6.01. The zero-order chi connectivity index (χ0) is 16.9.